The molecule has 4 rings (SSSR count). The molecule has 1 aliphatic heterocycles. The number of para-hydroxylation sites is 1. The number of benzene rings is 2. The molecule has 192 valence electrons. The normalized spacial score (nSPS) is 15.5. The molecular weight excluding hydrogens is 486 g/mol. The van der Waals surface area contributed by atoms with Gasteiger partial charge in [-0.3, -0.25) is 9.59 Å². The summed E-state index contributed by atoms with van der Waals surface area (Å²) < 4.78 is 0. The van der Waals surface area contributed by atoms with Crippen molar-refractivity contribution in [2.75, 3.05) is 23.8 Å². The third-order valence-corrected chi connectivity index (χ3v) is 8.66. The Morgan fingerprint density at radius 3 is 2.47 bits per heavy atom. The fourth-order valence-electron chi connectivity index (χ4n) is 4.84. The molecule has 0 unspecified atom stereocenters. The number of nitrogens with one attached hydrogen (secondary N) is 2. The number of amides is 2. The molecule has 1 saturated heterocycles. The van der Waals surface area contributed by atoms with E-state index in [1.807, 2.05) is 74.0 Å². The number of nitrogens with zero attached hydrogens (tertiary/aromatic N) is 1. The quantitative estimate of drug-likeness (QED) is 0.343. The van der Waals surface area contributed by atoms with Gasteiger partial charge in [-0.1, -0.05) is 36.4 Å². The number of hydrogen-bond donors (Lipinski definition) is 2. The average Bonchev–Trinajstić information content (AvgIpc) is 3.27. The van der Waals surface area contributed by atoms with Crippen molar-refractivity contribution >= 4 is 46.2 Å². The minimum atomic E-state index is -0.806. The Morgan fingerprint density at radius 1 is 1.06 bits per heavy atom. The standard InChI is InChI=1S/C29H37N3O2S2/c1-28(2,3)31-27(34)29(15-19-35-20-16-29)32(26(33)14-18-36-23-9-5-4-6-10-23)17-13-22-21-30-25-12-8-7-11-24(22)25/h4-12,21,30H,13-20H2,1-3H3,(H,31,34). The number of aromatic nitrogens is 1. The molecule has 0 saturated carbocycles. The van der Waals surface area contributed by atoms with E-state index in [1.165, 1.54) is 10.9 Å². The summed E-state index contributed by atoms with van der Waals surface area (Å²) in [6.45, 7) is 6.54. The first-order valence-electron chi connectivity index (χ1n) is 12.7. The number of aromatic amines is 1. The predicted molar refractivity (Wildman–Crippen MR) is 153 cm³/mol. The Morgan fingerprint density at radius 2 is 1.75 bits per heavy atom. The second-order valence-electron chi connectivity index (χ2n) is 10.4. The lowest BCUT2D eigenvalue weighted by Gasteiger charge is -2.46. The van der Waals surface area contributed by atoms with Gasteiger partial charge in [0, 0.05) is 46.3 Å². The van der Waals surface area contributed by atoms with Crippen LogP contribution in [0, 0.1) is 0 Å². The number of thioether (sulfide) groups is 2. The molecule has 2 aromatic carbocycles. The van der Waals surface area contributed by atoms with Gasteiger partial charge in [-0.15, -0.1) is 11.8 Å². The molecule has 0 radical (unpaired) electrons. The van der Waals surface area contributed by atoms with Crippen molar-refractivity contribution in [3.8, 4) is 0 Å². The van der Waals surface area contributed by atoms with Crippen molar-refractivity contribution in [1.29, 1.82) is 0 Å². The maximum absolute atomic E-state index is 13.8. The molecule has 5 nitrogen and oxygen atoms in total. The minimum Gasteiger partial charge on any atom is -0.361 e. The van der Waals surface area contributed by atoms with Crippen LogP contribution < -0.4 is 5.32 Å². The molecule has 36 heavy (non-hydrogen) atoms. The minimum absolute atomic E-state index is 0.0155. The van der Waals surface area contributed by atoms with Crippen molar-refractivity contribution in [3.05, 3.63) is 66.4 Å². The summed E-state index contributed by atoms with van der Waals surface area (Å²) in [4.78, 5) is 34.1. The largest absolute Gasteiger partial charge is 0.361 e. The summed E-state index contributed by atoms with van der Waals surface area (Å²) >= 11 is 3.56. The van der Waals surface area contributed by atoms with Crippen LogP contribution in [0.5, 0.6) is 0 Å². The zero-order chi connectivity index (χ0) is 25.6. The Bertz CT molecular complexity index is 1160. The Balaban J connectivity index is 1.58. The van der Waals surface area contributed by atoms with Gasteiger partial charge >= 0.3 is 0 Å². The predicted octanol–water partition coefficient (Wildman–Crippen LogP) is 5.90. The van der Waals surface area contributed by atoms with Crippen molar-refractivity contribution in [2.45, 2.75) is 62.4 Å². The number of H-pyrrole nitrogens is 1. The maximum Gasteiger partial charge on any atom is 0.246 e. The third-order valence-electron chi connectivity index (χ3n) is 6.66. The molecule has 0 spiro atoms. The Hall–Kier alpha value is -2.38. The lowest BCUT2D eigenvalue weighted by molar-refractivity contribution is -0.149. The van der Waals surface area contributed by atoms with E-state index < -0.39 is 5.54 Å². The van der Waals surface area contributed by atoms with E-state index in [9.17, 15) is 9.59 Å². The van der Waals surface area contributed by atoms with Gasteiger partial charge in [0.1, 0.15) is 5.54 Å². The molecule has 1 aliphatic rings. The van der Waals surface area contributed by atoms with Crippen molar-refractivity contribution < 1.29 is 9.59 Å². The molecule has 3 aromatic rings. The van der Waals surface area contributed by atoms with Crippen molar-refractivity contribution in [3.63, 3.8) is 0 Å². The van der Waals surface area contributed by atoms with E-state index in [2.05, 4.69) is 34.6 Å². The van der Waals surface area contributed by atoms with Crippen LogP contribution in [0.25, 0.3) is 10.9 Å². The van der Waals surface area contributed by atoms with Gasteiger partial charge in [0.15, 0.2) is 0 Å². The van der Waals surface area contributed by atoms with Crippen LogP contribution >= 0.6 is 23.5 Å². The average molecular weight is 524 g/mol. The monoisotopic (exact) mass is 523 g/mol. The second kappa shape index (κ2) is 11.8. The number of carbonyl (C=O) groups excluding carboxylic acids is 2. The maximum atomic E-state index is 13.8. The summed E-state index contributed by atoms with van der Waals surface area (Å²) in [6, 6.07) is 18.4. The molecule has 1 fully saturated rings. The van der Waals surface area contributed by atoms with Gasteiger partial charge < -0.3 is 15.2 Å². The van der Waals surface area contributed by atoms with Gasteiger partial charge in [-0.05, 0) is 75.3 Å². The molecule has 0 atom stereocenters. The SMILES string of the molecule is CC(C)(C)NC(=O)C1(N(CCc2c[nH]c3ccccc23)C(=O)CCSc2ccccc2)CCSCC1. The highest BCUT2D eigenvalue weighted by molar-refractivity contribution is 7.99. The molecule has 0 aliphatic carbocycles. The van der Waals surface area contributed by atoms with Crippen LogP contribution in [0.15, 0.2) is 65.7 Å². The first kappa shape index (κ1) is 26.7. The summed E-state index contributed by atoms with van der Waals surface area (Å²) in [6.07, 6.45) is 4.53. The van der Waals surface area contributed by atoms with Gasteiger partial charge in [-0.2, -0.15) is 11.8 Å². The fraction of sp³-hybridized carbons (Fsp3) is 0.448. The van der Waals surface area contributed by atoms with Gasteiger partial charge in [0.05, 0.1) is 0 Å². The van der Waals surface area contributed by atoms with E-state index in [0.717, 1.165) is 21.9 Å². The Kier molecular flexibility index (Phi) is 8.73. The van der Waals surface area contributed by atoms with Gasteiger partial charge in [-0.25, -0.2) is 0 Å². The summed E-state index contributed by atoms with van der Waals surface area (Å²) in [5.41, 5.74) is 1.11. The van der Waals surface area contributed by atoms with Crippen LogP contribution in [-0.2, 0) is 16.0 Å². The molecule has 1 aromatic heterocycles. The second-order valence-corrected chi connectivity index (χ2v) is 12.8. The first-order chi connectivity index (χ1) is 17.3. The van der Waals surface area contributed by atoms with E-state index in [4.69, 9.17) is 0 Å². The van der Waals surface area contributed by atoms with Crippen LogP contribution in [-0.4, -0.2) is 56.6 Å². The lowest BCUT2D eigenvalue weighted by Crippen LogP contribution is -2.64. The lowest BCUT2D eigenvalue weighted by atomic mass is 9.86. The van der Waals surface area contributed by atoms with E-state index in [-0.39, 0.29) is 17.4 Å². The molecule has 2 heterocycles. The molecule has 2 N–H and O–H groups in total. The zero-order valence-electron chi connectivity index (χ0n) is 21.5. The number of rotatable bonds is 9. The highest BCUT2D eigenvalue weighted by atomic mass is 32.2. The zero-order valence-corrected chi connectivity index (χ0v) is 23.1. The molecular formula is C29H37N3O2S2. The third kappa shape index (κ3) is 6.48. The van der Waals surface area contributed by atoms with Gasteiger partial charge in [0.25, 0.3) is 0 Å². The highest BCUT2D eigenvalue weighted by Gasteiger charge is 2.47. The van der Waals surface area contributed by atoms with E-state index in [0.29, 0.717) is 38.0 Å². The summed E-state index contributed by atoms with van der Waals surface area (Å²) in [7, 11) is 0. The molecule has 7 heteroatoms. The summed E-state index contributed by atoms with van der Waals surface area (Å²) in [5.74, 6) is 2.51. The first-order valence-corrected chi connectivity index (χ1v) is 14.9. The number of hydrogen-bond acceptors (Lipinski definition) is 4. The highest BCUT2D eigenvalue weighted by Crippen LogP contribution is 2.35. The van der Waals surface area contributed by atoms with Gasteiger partial charge in [0.2, 0.25) is 11.8 Å². The van der Waals surface area contributed by atoms with Crippen LogP contribution in [0.4, 0.5) is 0 Å². The Labute approximate surface area is 223 Å². The van der Waals surface area contributed by atoms with Crippen molar-refractivity contribution in [2.24, 2.45) is 0 Å². The number of carbonyl (C=O) groups is 2. The number of fused-ring (bicyclic) bond motifs is 1. The molecule has 0 bridgehead atoms. The van der Waals surface area contributed by atoms with Crippen LogP contribution in [0.2, 0.25) is 0 Å². The van der Waals surface area contributed by atoms with Crippen LogP contribution in [0.1, 0.15) is 45.6 Å². The smallest absolute Gasteiger partial charge is 0.246 e. The van der Waals surface area contributed by atoms with E-state index in [1.54, 1.807) is 11.8 Å². The van der Waals surface area contributed by atoms with Crippen LogP contribution in [0.3, 0.4) is 0 Å². The topological polar surface area (TPSA) is 65.2 Å². The summed E-state index contributed by atoms with van der Waals surface area (Å²) in [5, 5.41) is 4.39. The fourth-order valence-corrected chi connectivity index (χ4v) is 6.87. The van der Waals surface area contributed by atoms with Crippen molar-refractivity contribution in [1.82, 2.24) is 15.2 Å². The molecule has 2 amide bonds. The van der Waals surface area contributed by atoms with E-state index >= 15 is 0 Å².